The lowest BCUT2D eigenvalue weighted by atomic mass is 10.0. The van der Waals surface area contributed by atoms with Gasteiger partial charge in [0.15, 0.2) is 0 Å². The van der Waals surface area contributed by atoms with E-state index >= 15 is 0 Å². The topological polar surface area (TPSA) is 51.0 Å². The number of likely N-dealkylation sites (N-methyl/N-ethyl adjacent to an activating group) is 1. The van der Waals surface area contributed by atoms with Gasteiger partial charge in [-0.1, -0.05) is 57.1 Å². The van der Waals surface area contributed by atoms with Crippen LogP contribution in [-0.2, 0) is 12.8 Å². The van der Waals surface area contributed by atoms with E-state index in [1.807, 2.05) is 0 Å². The first-order valence-electron chi connectivity index (χ1n) is 7.79. The molecule has 2 aromatic rings. The average molecular weight is 287 g/mol. The van der Waals surface area contributed by atoms with Crippen molar-refractivity contribution in [3.05, 3.63) is 35.7 Å². The monoisotopic (exact) mass is 287 g/mol. The molecule has 2 rings (SSSR count). The van der Waals surface area contributed by atoms with Gasteiger partial charge in [0.05, 0.1) is 0 Å². The highest BCUT2D eigenvalue weighted by molar-refractivity contribution is 5.54. The summed E-state index contributed by atoms with van der Waals surface area (Å²) in [5, 5.41) is 7.57. The number of rotatable bonds is 7. The van der Waals surface area contributed by atoms with Crippen LogP contribution in [0.15, 0.2) is 28.8 Å². The van der Waals surface area contributed by atoms with Gasteiger partial charge in [-0.2, -0.15) is 4.98 Å². The summed E-state index contributed by atoms with van der Waals surface area (Å²) in [6, 6.07) is 8.70. The SMILES string of the molecule is CCNC(Cc1nc(-c2ccc(CC)cc2)no1)C(C)C. The number of hydrogen-bond donors (Lipinski definition) is 1. The third-order valence-electron chi connectivity index (χ3n) is 3.75. The van der Waals surface area contributed by atoms with E-state index in [1.54, 1.807) is 0 Å². The molecule has 1 heterocycles. The van der Waals surface area contributed by atoms with Crippen molar-refractivity contribution in [3.63, 3.8) is 0 Å². The summed E-state index contributed by atoms with van der Waals surface area (Å²) in [7, 11) is 0. The van der Waals surface area contributed by atoms with Gasteiger partial charge in [0, 0.05) is 18.0 Å². The Hall–Kier alpha value is -1.68. The first-order valence-corrected chi connectivity index (χ1v) is 7.79. The van der Waals surface area contributed by atoms with Crippen LogP contribution in [0.4, 0.5) is 0 Å². The smallest absolute Gasteiger partial charge is 0.228 e. The maximum absolute atomic E-state index is 5.40. The number of aromatic nitrogens is 2. The van der Waals surface area contributed by atoms with E-state index in [2.05, 4.69) is 67.4 Å². The minimum absolute atomic E-state index is 0.366. The number of benzene rings is 1. The molecule has 4 nitrogen and oxygen atoms in total. The fourth-order valence-electron chi connectivity index (χ4n) is 2.34. The van der Waals surface area contributed by atoms with Crippen molar-refractivity contribution in [1.82, 2.24) is 15.5 Å². The van der Waals surface area contributed by atoms with Crippen LogP contribution >= 0.6 is 0 Å². The van der Waals surface area contributed by atoms with Crippen molar-refractivity contribution in [2.45, 2.75) is 46.6 Å². The molecular formula is C17H25N3O. The van der Waals surface area contributed by atoms with Crippen LogP contribution in [0.1, 0.15) is 39.1 Å². The Bertz CT molecular complexity index is 545. The fourth-order valence-corrected chi connectivity index (χ4v) is 2.34. The summed E-state index contributed by atoms with van der Waals surface area (Å²) in [4.78, 5) is 4.52. The lowest BCUT2D eigenvalue weighted by Gasteiger charge is -2.19. The predicted octanol–water partition coefficient (Wildman–Crippen LogP) is 3.48. The van der Waals surface area contributed by atoms with Gasteiger partial charge in [-0.05, 0) is 24.4 Å². The van der Waals surface area contributed by atoms with Gasteiger partial charge in [0.2, 0.25) is 11.7 Å². The molecule has 0 spiro atoms. The highest BCUT2D eigenvalue weighted by Gasteiger charge is 2.17. The highest BCUT2D eigenvalue weighted by Crippen LogP contribution is 2.18. The van der Waals surface area contributed by atoms with Gasteiger partial charge in [0.1, 0.15) is 0 Å². The summed E-state index contributed by atoms with van der Waals surface area (Å²) in [6.07, 6.45) is 1.81. The summed E-state index contributed by atoms with van der Waals surface area (Å²) in [5.41, 5.74) is 2.32. The largest absolute Gasteiger partial charge is 0.339 e. The first kappa shape index (κ1) is 15.7. The molecule has 0 amide bonds. The predicted molar refractivity (Wildman–Crippen MR) is 85.1 cm³/mol. The van der Waals surface area contributed by atoms with Crippen LogP contribution in [0, 0.1) is 5.92 Å². The standard InChI is InChI=1S/C17H25N3O/c1-5-13-7-9-14(10-8-13)17-19-16(21-20-17)11-15(12(3)4)18-6-2/h7-10,12,15,18H,5-6,11H2,1-4H3. The van der Waals surface area contributed by atoms with Crippen molar-refractivity contribution >= 4 is 0 Å². The molecule has 0 saturated heterocycles. The third-order valence-corrected chi connectivity index (χ3v) is 3.75. The van der Waals surface area contributed by atoms with Gasteiger partial charge in [-0.3, -0.25) is 0 Å². The van der Waals surface area contributed by atoms with E-state index in [1.165, 1.54) is 5.56 Å². The van der Waals surface area contributed by atoms with Crippen molar-refractivity contribution in [3.8, 4) is 11.4 Å². The highest BCUT2D eigenvalue weighted by atomic mass is 16.5. The van der Waals surface area contributed by atoms with E-state index < -0.39 is 0 Å². The third kappa shape index (κ3) is 4.14. The molecule has 0 radical (unpaired) electrons. The second-order valence-corrected chi connectivity index (χ2v) is 5.67. The van der Waals surface area contributed by atoms with Crippen molar-refractivity contribution in [2.24, 2.45) is 5.92 Å². The maximum Gasteiger partial charge on any atom is 0.228 e. The van der Waals surface area contributed by atoms with Crippen molar-refractivity contribution in [2.75, 3.05) is 6.54 Å². The molecule has 0 aliphatic carbocycles. The van der Waals surface area contributed by atoms with Gasteiger partial charge >= 0.3 is 0 Å². The molecule has 0 bridgehead atoms. The molecule has 114 valence electrons. The summed E-state index contributed by atoms with van der Waals surface area (Å²) < 4.78 is 5.40. The molecule has 1 aromatic heterocycles. The Balaban J connectivity index is 2.09. The zero-order chi connectivity index (χ0) is 15.2. The Labute approximate surface area is 127 Å². The van der Waals surface area contributed by atoms with Gasteiger partial charge < -0.3 is 9.84 Å². The van der Waals surface area contributed by atoms with E-state index in [0.29, 0.717) is 23.7 Å². The molecule has 1 aromatic carbocycles. The first-order chi connectivity index (χ1) is 10.1. The molecule has 1 unspecified atom stereocenters. The molecule has 1 atom stereocenters. The second-order valence-electron chi connectivity index (χ2n) is 5.67. The molecule has 4 heteroatoms. The van der Waals surface area contributed by atoms with Crippen LogP contribution in [0.5, 0.6) is 0 Å². The quantitative estimate of drug-likeness (QED) is 0.847. The fraction of sp³-hybridized carbons (Fsp3) is 0.529. The molecule has 0 fully saturated rings. The van der Waals surface area contributed by atoms with Gasteiger partial charge in [0.25, 0.3) is 0 Å². The Morgan fingerprint density at radius 3 is 2.43 bits per heavy atom. The minimum Gasteiger partial charge on any atom is -0.339 e. The minimum atomic E-state index is 0.366. The summed E-state index contributed by atoms with van der Waals surface area (Å²) in [6.45, 7) is 9.61. The normalized spacial score (nSPS) is 12.8. The van der Waals surface area contributed by atoms with E-state index in [0.717, 1.165) is 24.9 Å². The van der Waals surface area contributed by atoms with Crippen molar-refractivity contribution in [1.29, 1.82) is 0 Å². The summed E-state index contributed by atoms with van der Waals surface area (Å²) in [5.74, 6) is 1.90. The van der Waals surface area contributed by atoms with Crippen LogP contribution in [-0.4, -0.2) is 22.7 Å². The maximum atomic E-state index is 5.40. The Kier molecular flexibility index (Phi) is 5.51. The molecule has 21 heavy (non-hydrogen) atoms. The zero-order valence-electron chi connectivity index (χ0n) is 13.4. The molecule has 0 aliphatic heterocycles. The Morgan fingerprint density at radius 2 is 1.86 bits per heavy atom. The van der Waals surface area contributed by atoms with Crippen LogP contribution in [0.3, 0.4) is 0 Å². The lowest BCUT2D eigenvalue weighted by Crippen LogP contribution is -2.35. The van der Waals surface area contributed by atoms with Crippen LogP contribution in [0.25, 0.3) is 11.4 Å². The zero-order valence-corrected chi connectivity index (χ0v) is 13.4. The molecular weight excluding hydrogens is 262 g/mol. The number of nitrogens with one attached hydrogen (secondary N) is 1. The van der Waals surface area contributed by atoms with E-state index in [4.69, 9.17) is 4.52 Å². The van der Waals surface area contributed by atoms with E-state index in [9.17, 15) is 0 Å². The van der Waals surface area contributed by atoms with Crippen LogP contribution < -0.4 is 5.32 Å². The van der Waals surface area contributed by atoms with E-state index in [-0.39, 0.29) is 0 Å². The number of nitrogens with zero attached hydrogens (tertiary/aromatic N) is 2. The van der Waals surface area contributed by atoms with Gasteiger partial charge in [-0.15, -0.1) is 0 Å². The van der Waals surface area contributed by atoms with Crippen LogP contribution in [0.2, 0.25) is 0 Å². The van der Waals surface area contributed by atoms with Gasteiger partial charge in [-0.25, -0.2) is 0 Å². The molecule has 0 saturated carbocycles. The Morgan fingerprint density at radius 1 is 1.14 bits per heavy atom. The molecule has 1 N–H and O–H groups in total. The van der Waals surface area contributed by atoms with Crippen molar-refractivity contribution < 1.29 is 4.52 Å². The second kappa shape index (κ2) is 7.36. The summed E-state index contributed by atoms with van der Waals surface area (Å²) >= 11 is 0. The lowest BCUT2D eigenvalue weighted by molar-refractivity contribution is 0.329. The number of aryl methyl sites for hydroxylation is 1. The molecule has 0 aliphatic rings. The number of hydrogen-bond acceptors (Lipinski definition) is 4. The average Bonchev–Trinajstić information content (AvgIpc) is 2.95.